The highest BCUT2D eigenvalue weighted by Crippen LogP contribution is 2.17. The minimum atomic E-state index is -0.591. The van der Waals surface area contributed by atoms with Crippen molar-refractivity contribution >= 4 is 5.69 Å². The summed E-state index contributed by atoms with van der Waals surface area (Å²) >= 11 is 0. The number of benzene rings is 1. The van der Waals surface area contributed by atoms with Crippen molar-refractivity contribution in [1.82, 2.24) is 0 Å². The highest BCUT2D eigenvalue weighted by molar-refractivity contribution is 5.43. The van der Waals surface area contributed by atoms with Crippen molar-refractivity contribution in [2.75, 3.05) is 19.0 Å². The van der Waals surface area contributed by atoms with E-state index in [1.165, 1.54) is 12.1 Å². The van der Waals surface area contributed by atoms with Crippen molar-refractivity contribution in [1.29, 1.82) is 0 Å². The van der Waals surface area contributed by atoms with E-state index >= 15 is 0 Å². The predicted octanol–water partition coefficient (Wildman–Crippen LogP) is 1.76. The zero-order chi connectivity index (χ0) is 8.97. The van der Waals surface area contributed by atoms with Gasteiger partial charge in [0.15, 0.2) is 0 Å². The Morgan fingerprint density at radius 3 is 2.75 bits per heavy atom. The van der Waals surface area contributed by atoms with Crippen molar-refractivity contribution in [3.05, 3.63) is 24.0 Å². The number of ether oxygens (including phenoxy) is 1. The van der Waals surface area contributed by atoms with E-state index in [9.17, 15) is 8.78 Å². The van der Waals surface area contributed by atoms with Crippen LogP contribution in [0.5, 0.6) is 5.75 Å². The van der Waals surface area contributed by atoms with Crippen LogP contribution < -0.4 is 10.5 Å². The molecule has 0 atom stereocenters. The molecular formula is C8H9F2NO. The Balaban J connectivity index is 2.69. The van der Waals surface area contributed by atoms with Gasteiger partial charge in [0.25, 0.3) is 0 Å². The maximum absolute atomic E-state index is 12.7. The van der Waals surface area contributed by atoms with Crippen LogP contribution in [0.15, 0.2) is 18.2 Å². The van der Waals surface area contributed by atoms with E-state index in [2.05, 4.69) is 0 Å². The van der Waals surface area contributed by atoms with E-state index in [1.807, 2.05) is 0 Å². The molecule has 1 aromatic carbocycles. The summed E-state index contributed by atoms with van der Waals surface area (Å²) < 4.78 is 29.1. The summed E-state index contributed by atoms with van der Waals surface area (Å²) in [7, 11) is 0. The minimum Gasteiger partial charge on any atom is -0.491 e. The Labute approximate surface area is 68.9 Å². The molecule has 2 nitrogen and oxygen atoms in total. The van der Waals surface area contributed by atoms with E-state index in [1.54, 1.807) is 0 Å². The number of hydrogen-bond donors (Lipinski definition) is 1. The maximum Gasteiger partial charge on any atom is 0.149 e. The summed E-state index contributed by atoms with van der Waals surface area (Å²) in [5.41, 5.74) is 5.27. The molecule has 0 heterocycles. The van der Waals surface area contributed by atoms with Crippen LogP contribution in [0, 0.1) is 5.82 Å². The highest BCUT2D eigenvalue weighted by atomic mass is 19.1. The van der Waals surface area contributed by atoms with Crippen LogP contribution in [0.2, 0.25) is 0 Å². The summed E-state index contributed by atoms with van der Waals surface area (Å²) in [6, 6.07) is 4.00. The molecule has 12 heavy (non-hydrogen) atoms. The number of nitrogen functional groups attached to an aromatic ring is 1. The Morgan fingerprint density at radius 2 is 2.17 bits per heavy atom. The van der Waals surface area contributed by atoms with Crippen molar-refractivity contribution in [3.63, 3.8) is 0 Å². The lowest BCUT2D eigenvalue weighted by Gasteiger charge is -2.03. The third kappa shape index (κ3) is 2.08. The van der Waals surface area contributed by atoms with E-state index in [-0.39, 0.29) is 12.3 Å². The van der Waals surface area contributed by atoms with Crippen molar-refractivity contribution in [3.8, 4) is 5.75 Å². The first kappa shape index (κ1) is 8.77. The normalized spacial score (nSPS) is 9.83. The second-order valence-corrected chi connectivity index (χ2v) is 2.22. The van der Waals surface area contributed by atoms with E-state index in [0.717, 1.165) is 6.07 Å². The first-order chi connectivity index (χ1) is 5.74. The molecule has 4 heteroatoms. The van der Waals surface area contributed by atoms with Gasteiger partial charge in [0.2, 0.25) is 0 Å². The van der Waals surface area contributed by atoms with Gasteiger partial charge in [0.05, 0.1) is 5.69 Å². The average Bonchev–Trinajstić information content (AvgIpc) is 2.07. The zero-order valence-corrected chi connectivity index (χ0v) is 6.39. The molecule has 1 rings (SSSR count). The van der Waals surface area contributed by atoms with Gasteiger partial charge in [0.1, 0.15) is 24.8 Å². The lowest BCUT2D eigenvalue weighted by atomic mass is 10.3. The average molecular weight is 173 g/mol. The predicted molar refractivity (Wildman–Crippen MR) is 42.3 cm³/mol. The number of hydrogen-bond acceptors (Lipinski definition) is 2. The topological polar surface area (TPSA) is 35.2 Å². The molecular weight excluding hydrogens is 164 g/mol. The summed E-state index contributed by atoms with van der Waals surface area (Å²) in [4.78, 5) is 0. The summed E-state index contributed by atoms with van der Waals surface area (Å²) in [5, 5.41) is 0. The molecule has 0 aliphatic carbocycles. The molecule has 0 bridgehead atoms. The molecule has 0 saturated heterocycles. The third-order valence-corrected chi connectivity index (χ3v) is 1.32. The number of anilines is 1. The van der Waals surface area contributed by atoms with Crippen molar-refractivity contribution in [2.24, 2.45) is 0 Å². The van der Waals surface area contributed by atoms with Gasteiger partial charge >= 0.3 is 0 Å². The molecule has 1 aromatic rings. The van der Waals surface area contributed by atoms with Crippen molar-refractivity contribution < 1.29 is 13.5 Å². The van der Waals surface area contributed by atoms with Gasteiger partial charge in [0, 0.05) is 6.07 Å². The Morgan fingerprint density at radius 1 is 1.42 bits per heavy atom. The van der Waals surface area contributed by atoms with Crippen LogP contribution in [0.4, 0.5) is 14.5 Å². The molecule has 0 fully saturated rings. The molecule has 0 aromatic heterocycles. The second-order valence-electron chi connectivity index (χ2n) is 2.22. The van der Waals surface area contributed by atoms with Crippen molar-refractivity contribution in [2.45, 2.75) is 0 Å². The zero-order valence-electron chi connectivity index (χ0n) is 6.39. The molecule has 2 N–H and O–H groups in total. The maximum atomic E-state index is 12.7. The summed E-state index contributed by atoms with van der Waals surface area (Å²) in [5.74, 6) is -0.259. The number of halogens is 2. The molecule has 0 radical (unpaired) electrons. The number of nitrogens with two attached hydrogens (primary N) is 1. The molecule has 66 valence electrons. The highest BCUT2D eigenvalue weighted by Gasteiger charge is 1.99. The standard InChI is InChI=1S/C8H9F2NO/c9-3-4-12-6-1-2-8(11)7(10)5-6/h1-2,5H,3-4,11H2. The summed E-state index contributed by atoms with van der Waals surface area (Å²) in [6.45, 7) is -0.657. The lowest BCUT2D eigenvalue weighted by Crippen LogP contribution is -1.99. The minimum absolute atomic E-state index is 0.0580. The van der Waals surface area contributed by atoms with E-state index < -0.39 is 12.5 Å². The Hall–Kier alpha value is -1.32. The first-order valence-electron chi connectivity index (χ1n) is 3.48. The van der Waals surface area contributed by atoms with Crippen LogP contribution in [-0.2, 0) is 0 Å². The van der Waals surface area contributed by atoms with Gasteiger partial charge in [-0.1, -0.05) is 0 Å². The largest absolute Gasteiger partial charge is 0.491 e. The second kappa shape index (κ2) is 3.90. The van der Waals surface area contributed by atoms with E-state index in [4.69, 9.17) is 10.5 Å². The van der Waals surface area contributed by atoms with Gasteiger partial charge < -0.3 is 10.5 Å². The Bertz CT molecular complexity index is 265. The lowest BCUT2D eigenvalue weighted by molar-refractivity contribution is 0.272. The van der Waals surface area contributed by atoms with E-state index in [0.29, 0.717) is 5.75 Å². The Kier molecular flexibility index (Phi) is 2.85. The molecule has 0 unspecified atom stereocenters. The molecule has 0 saturated carbocycles. The quantitative estimate of drug-likeness (QED) is 0.707. The first-order valence-corrected chi connectivity index (χ1v) is 3.48. The fourth-order valence-electron chi connectivity index (χ4n) is 0.754. The summed E-state index contributed by atoms with van der Waals surface area (Å²) in [6.07, 6.45) is 0. The molecule has 0 aliphatic rings. The monoisotopic (exact) mass is 173 g/mol. The SMILES string of the molecule is Nc1ccc(OCCF)cc1F. The van der Waals surface area contributed by atoms with Crippen LogP contribution >= 0.6 is 0 Å². The van der Waals surface area contributed by atoms with Gasteiger partial charge in [-0.3, -0.25) is 0 Å². The third-order valence-electron chi connectivity index (χ3n) is 1.32. The molecule has 0 amide bonds. The smallest absolute Gasteiger partial charge is 0.149 e. The van der Waals surface area contributed by atoms with Gasteiger partial charge in [-0.2, -0.15) is 0 Å². The van der Waals surface area contributed by atoms with Gasteiger partial charge in [-0.15, -0.1) is 0 Å². The van der Waals surface area contributed by atoms with Crippen LogP contribution in [-0.4, -0.2) is 13.3 Å². The number of alkyl halides is 1. The van der Waals surface area contributed by atoms with Crippen LogP contribution in [0.25, 0.3) is 0 Å². The fourth-order valence-corrected chi connectivity index (χ4v) is 0.754. The fraction of sp³-hybridized carbons (Fsp3) is 0.250. The van der Waals surface area contributed by atoms with Gasteiger partial charge in [-0.05, 0) is 12.1 Å². The van der Waals surface area contributed by atoms with Crippen LogP contribution in [0.3, 0.4) is 0 Å². The number of rotatable bonds is 3. The van der Waals surface area contributed by atoms with Crippen LogP contribution in [0.1, 0.15) is 0 Å². The van der Waals surface area contributed by atoms with Gasteiger partial charge in [-0.25, -0.2) is 8.78 Å². The molecule has 0 aliphatic heterocycles. The molecule has 0 spiro atoms.